The molecule has 6 heteroatoms. The molecule has 1 aliphatic rings. The number of carboxylic acid groups (broad SMARTS) is 1. The Hall–Kier alpha value is -1.69. The quantitative estimate of drug-likeness (QED) is 0.841. The molecule has 1 aromatic carbocycles. The number of aliphatic carboxylic acids is 1. The van der Waals surface area contributed by atoms with Crippen LogP contribution in [0.1, 0.15) is 26.2 Å². The molecule has 5 nitrogen and oxygen atoms in total. The van der Waals surface area contributed by atoms with E-state index in [1.165, 1.54) is 4.90 Å². The van der Waals surface area contributed by atoms with Crippen molar-refractivity contribution in [1.29, 1.82) is 0 Å². The molecule has 2 amide bonds. The van der Waals surface area contributed by atoms with Gasteiger partial charge in [0, 0.05) is 11.4 Å². The first-order chi connectivity index (χ1) is 9.99. The van der Waals surface area contributed by atoms with E-state index in [0.29, 0.717) is 18.7 Å². The van der Waals surface area contributed by atoms with E-state index in [4.69, 9.17) is 0 Å². The highest BCUT2D eigenvalue weighted by molar-refractivity contribution is 7.98. The van der Waals surface area contributed by atoms with Gasteiger partial charge in [-0.3, -0.25) is 0 Å². The van der Waals surface area contributed by atoms with E-state index < -0.39 is 11.5 Å². The van der Waals surface area contributed by atoms with Gasteiger partial charge in [-0.15, -0.1) is 11.8 Å². The summed E-state index contributed by atoms with van der Waals surface area (Å²) in [5, 5.41) is 12.3. The molecule has 1 atom stereocenters. The second-order valence-corrected chi connectivity index (χ2v) is 6.17. The normalized spacial score (nSPS) is 21.9. The lowest BCUT2D eigenvalue weighted by molar-refractivity contribution is -0.150. The number of piperidine rings is 1. The van der Waals surface area contributed by atoms with Crippen LogP contribution in [0.3, 0.4) is 0 Å². The lowest BCUT2D eigenvalue weighted by Crippen LogP contribution is -2.58. The van der Waals surface area contributed by atoms with Crippen LogP contribution >= 0.6 is 11.8 Å². The van der Waals surface area contributed by atoms with Crippen molar-refractivity contribution in [3.63, 3.8) is 0 Å². The van der Waals surface area contributed by atoms with Gasteiger partial charge >= 0.3 is 12.0 Å². The number of likely N-dealkylation sites (tertiary alicyclic amines) is 1. The lowest BCUT2D eigenvalue weighted by Gasteiger charge is -2.41. The standard InChI is InChI=1S/C15H20N2O3S/c1-15(13(18)19)9-5-6-10-17(15)14(20)16-11-7-3-4-8-12(11)21-2/h3-4,7-8H,5-6,9-10H2,1-2H3,(H,16,20)(H,18,19). The molecule has 0 aliphatic carbocycles. The Morgan fingerprint density at radius 3 is 2.71 bits per heavy atom. The zero-order valence-corrected chi connectivity index (χ0v) is 13.1. The number of carbonyl (C=O) groups excluding carboxylic acids is 1. The minimum atomic E-state index is -1.13. The fraction of sp³-hybridized carbons (Fsp3) is 0.467. The third kappa shape index (κ3) is 3.15. The van der Waals surface area contributed by atoms with Gasteiger partial charge < -0.3 is 15.3 Å². The largest absolute Gasteiger partial charge is 0.480 e. The van der Waals surface area contributed by atoms with E-state index in [9.17, 15) is 14.7 Å². The third-order valence-electron chi connectivity index (χ3n) is 3.95. The fourth-order valence-electron chi connectivity index (χ4n) is 2.60. The van der Waals surface area contributed by atoms with Crippen LogP contribution in [0.15, 0.2) is 29.2 Å². The van der Waals surface area contributed by atoms with Crippen molar-refractivity contribution in [2.45, 2.75) is 36.6 Å². The van der Waals surface area contributed by atoms with Crippen LogP contribution in [-0.4, -0.2) is 40.3 Å². The Morgan fingerprint density at radius 1 is 1.33 bits per heavy atom. The predicted molar refractivity (Wildman–Crippen MR) is 83.8 cm³/mol. The molecule has 0 aromatic heterocycles. The Balaban J connectivity index is 2.20. The van der Waals surface area contributed by atoms with Crippen LogP contribution in [0.2, 0.25) is 0 Å². The summed E-state index contributed by atoms with van der Waals surface area (Å²) in [4.78, 5) is 26.4. The number of anilines is 1. The molecule has 1 heterocycles. The van der Waals surface area contributed by atoms with E-state index >= 15 is 0 Å². The maximum absolute atomic E-state index is 12.5. The average molecular weight is 308 g/mol. The molecule has 2 rings (SSSR count). The molecule has 0 saturated carbocycles. The Kier molecular flexibility index (Phi) is 4.77. The number of thioether (sulfide) groups is 1. The van der Waals surface area contributed by atoms with Crippen LogP contribution in [0.5, 0.6) is 0 Å². The molecular weight excluding hydrogens is 288 g/mol. The Labute approximate surface area is 128 Å². The van der Waals surface area contributed by atoms with E-state index in [2.05, 4.69) is 5.32 Å². The molecule has 0 spiro atoms. The summed E-state index contributed by atoms with van der Waals surface area (Å²) >= 11 is 1.54. The number of amides is 2. The summed E-state index contributed by atoms with van der Waals surface area (Å²) in [5.74, 6) is -0.949. The van der Waals surface area contributed by atoms with Crippen molar-refractivity contribution in [2.75, 3.05) is 18.1 Å². The van der Waals surface area contributed by atoms with Gasteiger partial charge in [-0.05, 0) is 44.6 Å². The van der Waals surface area contributed by atoms with Gasteiger partial charge in [-0.25, -0.2) is 9.59 Å². The van der Waals surface area contributed by atoms with Gasteiger partial charge in [0.2, 0.25) is 0 Å². The van der Waals surface area contributed by atoms with Crippen LogP contribution in [0, 0.1) is 0 Å². The number of hydrogen-bond donors (Lipinski definition) is 2. The van der Waals surface area contributed by atoms with E-state index in [1.54, 1.807) is 18.7 Å². The van der Waals surface area contributed by atoms with E-state index in [1.807, 2.05) is 30.5 Å². The highest BCUT2D eigenvalue weighted by atomic mass is 32.2. The summed E-state index contributed by atoms with van der Waals surface area (Å²) in [6, 6.07) is 7.16. The van der Waals surface area contributed by atoms with Crippen molar-refractivity contribution in [3.05, 3.63) is 24.3 Å². The van der Waals surface area contributed by atoms with Crippen molar-refractivity contribution in [1.82, 2.24) is 4.90 Å². The number of para-hydroxylation sites is 1. The van der Waals surface area contributed by atoms with Gasteiger partial charge in [-0.1, -0.05) is 12.1 Å². The maximum Gasteiger partial charge on any atom is 0.329 e. The monoisotopic (exact) mass is 308 g/mol. The van der Waals surface area contributed by atoms with Gasteiger partial charge in [0.1, 0.15) is 5.54 Å². The highest BCUT2D eigenvalue weighted by Crippen LogP contribution is 2.30. The molecule has 0 bridgehead atoms. The van der Waals surface area contributed by atoms with Crippen LogP contribution in [0.4, 0.5) is 10.5 Å². The third-order valence-corrected chi connectivity index (χ3v) is 4.74. The molecule has 1 saturated heterocycles. The molecule has 1 unspecified atom stereocenters. The van der Waals surface area contributed by atoms with E-state index in [0.717, 1.165) is 17.7 Å². The number of nitrogens with one attached hydrogen (secondary N) is 1. The van der Waals surface area contributed by atoms with E-state index in [-0.39, 0.29) is 6.03 Å². The lowest BCUT2D eigenvalue weighted by atomic mass is 9.89. The smallest absolute Gasteiger partial charge is 0.329 e. The fourth-order valence-corrected chi connectivity index (χ4v) is 3.15. The highest BCUT2D eigenvalue weighted by Gasteiger charge is 2.44. The van der Waals surface area contributed by atoms with Crippen LogP contribution in [-0.2, 0) is 4.79 Å². The van der Waals surface area contributed by atoms with Gasteiger partial charge in [-0.2, -0.15) is 0 Å². The first kappa shape index (κ1) is 15.7. The minimum Gasteiger partial charge on any atom is -0.480 e. The molecule has 1 aliphatic heterocycles. The van der Waals surface area contributed by atoms with Gasteiger partial charge in [0.05, 0.1) is 5.69 Å². The SMILES string of the molecule is CSc1ccccc1NC(=O)N1CCCCC1(C)C(=O)O. The summed E-state index contributed by atoms with van der Waals surface area (Å²) in [7, 11) is 0. The average Bonchev–Trinajstić information content (AvgIpc) is 2.48. The number of carbonyl (C=O) groups is 2. The molecule has 114 valence electrons. The molecule has 0 radical (unpaired) electrons. The molecule has 2 N–H and O–H groups in total. The van der Waals surface area contributed by atoms with Crippen molar-refractivity contribution in [3.8, 4) is 0 Å². The number of benzene rings is 1. The topological polar surface area (TPSA) is 69.6 Å². The van der Waals surface area contributed by atoms with Crippen LogP contribution < -0.4 is 5.32 Å². The van der Waals surface area contributed by atoms with Crippen molar-refractivity contribution in [2.24, 2.45) is 0 Å². The number of rotatable bonds is 3. The van der Waals surface area contributed by atoms with Gasteiger partial charge in [0.25, 0.3) is 0 Å². The zero-order valence-electron chi connectivity index (χ0n) is 12.3. The number of nitrogens with zero attached hydrogens (tertiary/aromatic N) is 1. The molecule has 21 heavy (non-hydrogen) atoms. The van der Waals surface area contributed by atoms with Crippen LogP contribution in [0.25, 0.3) is 0 Å². The second-order valence-electron chi connectivity index (χ2n) is 5.32. The Bertz CT molecular complexity index is 549. The number of carboxylic acids is 1. The number of urea groups is 1. The minimum absolute atomic E-state index is 0.346. The Morgan fingerprint density at radius 2 is 2.05 bits per heavy atom. The second kappa shape index (κ2) is 6.39. The zero-order chi connectivity index (χ0) is 15.5. The maximum atomic E-state index is 12.5. The summed E-state index contributed by atoms with van der Waals surface area (Å²) < 4.78 is 0. The van der Waals surface area contributed by atoms with Crippen molar-refractivity contribution < 1.29 is 14.7 Å². The summed E-state index contributed by atoms with van der Waals surface area (Å²) in [6.07, 6.45) is 4.08. The predicted octanol–water partition coefficient (Wildman–Crippen LogP) is 3.27. The van der Waals surface area contributed by atoms with Gasteiger partial charge in [0.15, 0.2) is 0 Å². The number of hydrogen-bond acceptors (Lipinski definition) is 3. The summed E-state index contributed by atoms with van der Waals surface area (Å²) in [6.45, 7) is 2.09. The first-order valence-electron chi connectivity index (χ1n) is 6.94. The summed E-state index contributed by atoms with van der Waals surface area (Å²) in [5.41, 5.74) is -0.412. The van der Waals surface area contributed by atoms with Crippen molar-refractivity contribution >= 4 is 29.4 Å². The molecule has 1 aromatic rings. The molecule has 1 fully saturated rings. The first-order valence-corrected chi connectivity index (χ1v) is 8.16. The molecular formula is C15H20N2O3S.